The lowest BCUT2D eigenvalue weighted by molar-refractivity contribution is 0.102. The topological polar surface area (TPSA) is 76.6 Å². The summed E-state index contributed by atoms with van der Waals surface area (Å²) in [6.45, 7) is 0.189. The van der Waals surface area contributed by atoms with E-state index >= 15 is 0 Å². The van der Waals surface area contributed by atoms with E-state index in [1.54, 1.807) is 24.4 Å². The first-order chi connectivity index (χ1) is 12.7. The van der Waals surface area contributed by atoms with Crippen LogP contribution in [-0.2, 0) is 0 Å². The third kappa shape index (κ3) is 3.14. The summed E-state index contributed by atoms with van der Waals surface area (Å²) in [5, 5.41) is 2.78. The summed E-state index contributed by atoms with van der Waals surface area (Å²) in [5.74, 6) is 1.57. The van der Waals surface area contributed by atoms with Gasteiger partial charge in [-0.05, 0) is 24.3 Å². The van der Waals surface area contributed by atoms with Crippen molar-refractivity contribution in [3.05, 3.63) is 66.6 Å². The summed E-state index contributed by atoms with van der Waals surface area (Å²) in [7, 11) is 1.89. The first-order valence-corrected chi connectivity index (χ1v) is 8.02. The van der Waals surface area contributed by atoms with Gasteiger partial charge >= 0.3 is 0 Å². The van der Waals surface area contributed by atoms with Crippen LogP contribution in [0.3, 0.4) is 0 Å². The van der Waals surface area contributed by atoms with Gasteiger partial charge in [-0.2, -0.15) is 0 Å². The molecule has 0 bridgehead atoms. The second kappa shape index (κ2) is 6.72. The van der Waals surface area contributed by atoms with Gasteiger partial charge in [0, 0.05) is 24.5 Å². The zero-order chi connectivity index (χ0) is 17.9. The van der Waals surface area contributed by atoms with Crippen molar-refractivity contribution in [3.8, 4) is 11.5 Å². The van der Waals surface area contributed by atoms with Crippen LogP contribution in [0.1, 0.15) is 10.5 Å². The molecule has 7 heteroatoms. The molecule has 1 amide bonds. The lowest BCUT2D eigenvalue weighted by Crippen LogP contribution is -2.16. The zero-order valence-electron chi connectivity index (χ0n) is 14.0. The van der Waals surface area contributed by atoms with Crippen LogP contribution in [0.25, 0.3) is 0 Å². The number of para-hydroxylation sites is 1. The van der Waals surface area contributed by atoms with Crippen LogP contribution in [0.4, 0.5) is 17.2 Å². The molecule has 2 aromatic carbocycles. The largest absolute Gasteiger partial charge is 0.454 e. The van der Waals surface area contributed by atoms with Crippen molar-refractivity contribution in [2.24, 2.45) is 0 Å². The summed E-state index contributed by atoms with van der Waals surface area (Å²) < 4.78 is 10.6. The Balaban J connectivity index is 1.47. The van der Waals surface area contributed by atoms with E-state index in [-0.39, 0.29) is 18.4 Å². The molecule has 0 saturated carbocycles. The second-order valence-corrected chi connectivity index (χ2v) is 5.68. The smallest absolute Gasteiger partial charge is 0.275 e. The first-order valence-electron chi connectivity index (χ1n) is 8.02. The number of aromatic nitrogens is 2. The highest BCUT2D eigenvalue weighted by Crippen LogP contribution is 2.34. The summed E-state index contributed by atoms with van der Waals surface area (Å²) in [4.78, 5) is 22.8. The maximum atomic E-state index is 12.4. The number of fused-ring (bicyclic) bond motifs is 1. The Morgan fingerprint density at radius 2 is 1.85 bits per heavy atom. The van der Waals surface area contributed by atoms with Gasteiger partial charge in [-0.3, -0.25) is 4.79 Å². The number of hydrogen-bond acceptors (Lipinski definition) is 6. The number of nitrogens with one attached hydrogen (secondary N) is 1. The summed E-state index contributed by atoms with van der Waals surface area (Å²) in [6.07, 6.45) is 3.03. The van der Waals surface area contributed by atoms with Crippen LogP contribution >= 0.6 is 0 Å². The number of rotatable bonds is 4. The fraction of sp³-hybridized carbons (Fsp3) is 0.105. The monoisotopic (exact) mass is 348 g/mol. The molecule has 26 heavy (non-hydrogen) atoms. The predicted octanol–water partition coefficient (Wildman–Crippen LogP) is 3.23. The SMILES string of the molecule is CN(c1ccccc1)c1cnc(C(=O)Nc2ccc3c(c2)OCO3)cn1. The molecule has 1 N–H and O–H groups in total. The van der Waals surface area contributed by atoms with Gasteiger partial charge in [0.2, 0.25) is 6.79 Å². The van der Waals surface area contributed by atoms with E-state index in [1.807, 2.05) is 42.3 Å². The van der Waals surface area contributed by atoms with Crippen LogP contribution in [0, 0.1) is 0 Å². The molecule has 1 aliphatic heterocycles. The molecule has 7 nitrogen and oxygen atoms in total. The second-order valence-electron chi connectivity index (χ2n) is 5.68. The highest BCUT2D eigenvalue weighted by molar-refractivity contribution is 6.02. The minimum absolute atomic E-state index is 0.189. The molecule has 0 radical (unpaired) electrons. The van der Waals surface area contributed by atoms with Gasteiger partial charge in [-0.15, -0.1) is 0 Å². The first kappa shape index (κ1) is 15.9. The van der Waals surface area contributed by atoms with Crippen LogP contribution < -0.4 is 19.7 Å². The molecule has 0 aliphatic carbocycles. The van der Waals surface area contributed by atoms with Crippen molar-refractivity contribution in [2.45, 2.75) is 0 Å². The van der Waals surface area contributed by atoms with Gasteiger partial charge in [0.25, 0.3) is 5.91 Å². The maximum absolute atomic E-state index is 12.4. The van der Waals surface area contributed by atoms with Crippen LogP contribution in [0.5, 0.6) is 11.5 Å². The number of ether oxygens (including phenoxy) is 2. The van der Waals surface area contributed by atoms with E-state index in [2.05, 4.69) is 15.3 Å². The van der Waals surface area contributed by atoms with Gasteiger partial charge in [-0.1, -0.05) is 18.2 Å². The fourth-order valence-corrected chi connectivity index (χ4v) is 2.56. The van der Waals surface area contributed by atoms with Crippen molar-refractivity contribution in [1.29, 1.82) is 0 Å². The molecule has 0 fully saturated rings. The average molecular weight is 348 g/mol. The quantitative estimate of drug-likeness (QED) is 0.780. The van der Waals surface area contributed by atoms with Crippen LogP contribution in [-0.4, -0.2) is 29.7 Å². The number of nitrogens with zero attached hydrogens (tertiary/aromatic N) is 3. The molecular weight excluding hydrogens is 332 g/mol. The maximum Gasteiger partial charge on any atom is 0.275 e. The number of carbonyl (C=O) groups is 1. The Morgan fingerprint density at radius 1 is 1.04 bits per heavy atom. The van der Waals surface area contributed by atoms with Gasteiger partial charge in [0.05, 0.1) is 12.4 Å². The molecule has 0 atom stereocenters. The normalized spacial score (nSPS) is 11.9. The zero-order valence-corrected chi connectivity index (χ0v) is 14.0. The number of amides is 1. The lowest BCUT2D eigenvalue weighted by Gasteiger charge is -2.17. The van der Waals surface area contributed by atoms with Crippen molar-refractivity contribution >= 4 is 23.1 Å². The molecule has 1 aromatic heterocycles. The number of benzene rings is 2. The van der Waals surface area contributed by atoms with Crippen molar-refractivity contribution in [3.63, 3.8) is 0 Å². The number of carbonyl (C=O) groups excluding carboxylic acids is 1. The van der Waals surface area contributed by atoms with E-state index in [4.69, 9.17) is 9.47 Å². The average Bonchev–Trinajstić information content (AvgIpc) is 3.16. The molecule has 1 aliphatic rings. The lowest BCUT2D eigenvalue weighted by atomic mass is 10.2. The molecule has 0 saturated heterocycles. The minimum atomic E-state index is -0.342. The Labute approximate surface area is 150 Å². The minimum Gasteiger partial charge on any atom is -0.454 e. The summed E-state index contributed by atoms with van der Waals surface area (Å²) >= 11 is 0. The molecule has 130 valence electrons. The van der Waals surface area contributed by atoms with E-state index < -0.39 is 0 Å². The molecular formula is C19H16N4O3. The van der Waals surface area contributed by atoms with E-state index in [9.17, 15) is 4.79 Å². The van der Waals surface area contributed by atoms with Crippen molar-refractivity contribution in [1.82, 2.24) is 9.97 Å². The van der Waals surface area contributed by atoms with E-state index in [0.717, 1.165) is 5.69 Å². The molecule has 2 heterocycles. The van der Waals surface area contributed by atoms with Gasteiger partial charge in [-0.25, -0.2) is 9.97 Å². The van der Waals surface area contributed by atoms with Crippen LogP contribution in [0.2, 0.25) is 0 Å². The summed E-state index contributed by atoms with van der Waals surface area (Å²) in [6, 6.07) is 15.0. The third-order valence-electron chi connectivity index (χ3n) is 3.99. The molecule has 0 unspecified atom stereocenters. The molecule has 4 rings (SSSR count). The Hall–Kier alpha value is -3.61. The van der Waals surface area contributed by atoms with E-state index in [1.165, 1.54) is 6.20 Å². The standard InChI is InChI=1S/C19H16N4O3/c1-23(14-5-3-2-4-6-14)18-11-20-15(10-21-18)19(24)22-13-7-8-16-17(9-13)26-12-25-16/h2-11H,12H2,1H3,(H,22,24). The van der Waals surface area contributed by atoms with Gasteiger partial charge in [0.15, 0.2) is 17.3 Å². The molecule has 3 aromatic rings. The third-order valence-corrected chi connectivity index (χ3v) is 3.99. The Kier molecular flexibility index (Phi) is 4.10. The number of anilines is 3. The highest BCUT2D eigenvalue weighted by atomic mass is 16.7. The summed E-state index contributed by atoms with van der Waals surface area (Å²) in [5.41, 5.74) is 1.82. The molecule has 0 spiro atoms. The van der Waals surface area contributed by atoms with Crippen molar-refractivity contribution < 1.29 is 14.3 Å². The van der Waals surface area contributed by atoms with Gasteiger partial charge < -0.3 is 19.7 Å². The predicted molar refractivity (Wildman–Crippen MR) is 97.1 cm³/mol. The Bertz CT molecular complexity index is 929. The van der Waals surface area contributed by atoms with Crippen molar-refractivity contribution in [2.75, 3.05) is 24.1 Å². The fourth-order valence-electron chi connectivity index (χ4n) is 2.56. The highest BCUT2D eigenvalue weighted by Gasteiger charge is 2.15. The Morgan fingerprint density at radius 3 is 2.62 bits per heavy atom. The van der Waals surface area contributed by atoms with E-state index in [0.29, 0.717) is 23.0 Å². The van der Waals surface area contributed by atoms with Crippen LogP contribution in [0.15, 0.2) is 60.9 Å². The number of hydrogen-bond donors (Lipinski definition) is 1. The van der Waals surface area contributed by atoms with Gasteiger partial charge in [0.1, 0.15) is 5.69 Å².